The average Bonchev–Trinajstić information content (AvgIpc) is 3.25. The Balaban J connectivity index is 1.73. The van der Waals surface area contributed by atoms with Crippen molar-refractivity contribution in [3.63, 3.8) is 0 Å². The van der Waals surface area contributed by atoms with E-state index in [1.165, 1.54) is 11.1 Å². The summed E-state index contributed by atoms with van der Waals surface area (Å²) in [7, 11) is 0. The molecule has 1 aliphatic carbocycles. The summed E-state index contributed by atoms with van der Waals surface area (Å²) >= 11 is 0. The molecule has 1 unspecified atom stereocenters. The molecule has 2 amide bonds. The van der Waals surface area contributed by atoms with Gasteiger partial charge in [0.15, 0.2) is 0 Å². The molecule has 20 heavy (non-hydrogen) atoms. The Kier molecular flexibility index (Phi) is 4.65. The van der Waals surface area contributed by atoms with Gasteiger partial charge in [0.25, 0.3) is 0 Å². The molecule has 4 nitrogen and oxygen atoms in total. The second kappa shape index (κ2) is 6.27. The third kappa shape index (κ3) is 3.97. The summed E-state index contributed by atoms with van der Waals surface area (Å²) in [6.45, 7) is 4.55. The van der Waals surface area contributed by atoms with Crippen molar-refractivity contribution in [1.82, 2.24) is 10.6 Å². The minimum Gasteiger partial charge on any atom is -0.394 e. The Morgan fingerprint density at radius 1 is 1.35 bits per heavy atom. The zero-order valence-electron chi connectivity index (χ0n) is 12.3. The Morgan fingerprint density at radius 2 is 2.00 bits per heavy atom. The van der Waals surface area contributed by atoms with Crippen molar-refractivity contribution in [2.75, 3.05) is 13.2 Å². The predicted octanol–water partition coefficient (Wildman–Crippen LogP) is 2.00. The van der Waals surface area contributed by atoms with E-state index < -0.39 is 5.54 Å². The van der Waals surface area contributed by atoms with Gasteiger partial charge in [-0.05, 0) is 44.6 Å². The van der Waals surface area contributed by atoms with Gasteiger partial charge >= 0.3 is 6.03 Å². The molecule has 0 aromatic heterocycles. The number of hydrogen-bond acceptors (Lipinski definition) is 2. The first-order chi connectivity index (χ1) is 9.53. The van der Waals surface area contributed by atoms with E-state index in [4.69, 9.17) is 0 Å². The maximum atomic E-state index is 11.9. The van der Waals surface area contributed by atoms with E-state index in [9.17, 15) is 9.90 Å². The molecule has 4 heteroatoms. The monoisotopic (exact) mass is 276 g/mol. The van der Waals surface area contributed by atoms with Crippen molar-refractivity contribution in [1.29, 1.82) is 0 Å². The number of aliphatic hydroxyl groups excluding tert-OH is 1. The van der Waals surface area contributed by atoms with E-state index in [0.717, 1.165) is 19.3 Å². The Labute approximate surface area is 120 Å². The fraction of sp³-hybridized carbons (Fsp3) is 0.562. The number of benzene rings is 1. The molecule has 3 N–H and O–H groups in total. The van der Waals surface area contributed by atoms with Crippen molar-refractivity contribution in [3.05, 3.63) is 35.4 Å². The third-order valence-corrected chi connectivity index (χ3v) is 4.03. The van der Waals surface area contributed by atoms with Gasteiger partial charge in [-0.3, -0.25) is 0 Å². The van der Waals surface area contributed by atoms with Crippen LogP contribution in [0.25, 0.3) is 0 Å². The van der Waals surface area contributed by atoms with Crippen molar-refractivity contribution in [2.24, 2.45) is 5.92 Å². The van der Waals surface area contributed by atoms with Gasteiger partial charge < -0.3 is 15.7 Å². The SMILES string of the molecule is Cc1ccc(CCNC(=O)NC(C)(CO)C2CC2)cc1. The van der Waals surface area contributed by atoms with Crippen LogP contribution in [-0.2, 0) is 6.42 Å². The third-order valence-electron chi connectivity index (χ3n) is 4.03. The summed E-state index contributed by atoms with van der Waals surface area (Å²) < 4.78 is 0. The molecule has 0 radical (unpaired) electrons. The summed E-state index contributed by atoms with van der Waals surface area (Å²) in [5.41, 5.74) is 1.97. The summed E-state index contributed by atoms with van der Waals surface area (Å²) in [5.74, 6) is 0.412. The molecular weight excluding hydrogens is 252 g/mol. The van der Waals surface area contributed by atoms with Crippen LogP contribution in [0.1, 0.15) is 30.9 Å². The van der Waals surface area contributed by atoms with Gasteiger partial charge in [-0.2, -0.15) is 0 Å². The lowest BCUT2D eigenvalue weighted by Crippen LogP contribution is -2.54. The Bertz CT molecular complexity index is 454. The van der Waals surface area contributed by atoms with Crippen LogP contribution in [0.2, 0.25) is 0 Å². The largest absolute Gasteiger partial charge is 0.394 e. The lowest BCUT2D eigenvalue weighted by molar-refractivity contribution is 0.155. The van der Waals surface area contributed by atoms with Crippen LogP contribution in [0.4, 0.5) is 4.79 Å². The number of carbonyl (C=O) groups excluding carboxylic acids is 1. The second-order valence-electron chi connectivity index (χ2n) is 5.97. The molecule has 1 saturated carbocycles. The standard InChI is InChI=1S/C16H24N2O2/c1-12-3-5-13(6-4-12)9-10-17-15(20)18-16(2,11-19)14-7-8-14/h3-6,14,19H,7-11H2,1-2H3,(H2,17,18,20). The number of amides is 2. The summed E-state index contributed by atoms with van der Waals surface area (Å²) in [4.78, 5) is 11.9. The molecule has 1 atom stereocenters. The van der Waals surface area contributed by atoms with Gasteiger partial charge in [-0.15, -0.1) is 0 Å². The predicted molar refractivity (Wildman–Crippen MR) is 79.6 cm³/mol. The van der Waals surface area contributed by atoms with Crippen molar-refractivity contribution < 1.29 is 9.90 Å². The quantitative estimate of drug-likeness (QED) is 0.744. The fourth-order valence-corrected chi connectivity index (χ4v) is 2.37. The molecule has 0 bridgehead atoms. The zero-order chi connectivity index (χ0) is 14.6. The highest BCUT2D eigenvalue weighted by Crippen LogP contribution is 2.39. The average molecular weight is 276 g/mol. The van der Waals surface area contributed by atoms with Gasteiger partial charge in [0.2, 0.25) is 0 Å². The maximum Gasteiger partial charge on any atom is 0.315 e. The molecule has 0 aliphatic heterocycles. The van der Waals surface area contributed by atoms with Crippen LogP contribution in [0.15, 0.2) is 24.3 Å². The molecule has 0 spiro atoms. The van der Waals surface area contributed by atoms with E-state index in [0.29, 0.717) is 12.5 Å². The summed E-state index contributed by atoms with van der Waals surface area (Å²) in [5, 5.41) is 15.2. The molecular formula is C16H24N2O2. The van der Waals surface area contributed by atoms with Gasteiger partial charge in [-0.25, -0.2) is 4.79 Å². The van der Waals surface area contributed by atoms with Gasteiger partial charge in [0.05, 0.1) is 12.1 Å². The van der Waals surface area contributed by atoms with Gasteiger partial charge in [0, 0.05) is 6.54 Å². The molecule has 1 aromatic rings. The van der Waals surface area contributed by atoms with Crippen LogP contribution in [0.5, 0.6) is 0 Å². The molecule has 1 aromatic carbocycles. The molecule has 1 aliphatic rings. The van der Waals surface area contributed by atoms with Crippen molar-refractivity contribution in [2.45, 2.75) is 38.6 Å². The Morgan fingerprint density at radius 3 is 2.55 bits per heavy atom. The van der Waals surface area contributed by atoms with E-state index in [2.05, 4.69) is 41.8 Å². The zero-order valence-corrected chi connectivity index (χ0v) is 12.3. The number of hydrogen-bond donors (Lipinski definition) is 3. The summed E-state index contributed by atoms with van der Waals surface area (Å²) in [6, 6.07) is 8.12. The number of rotatable bonds is 6. The van der Waals surface area contributed by atoms with Gasteiger partial charge in [-0.1, -0.05) is 29.8 Å². The van der Waals surface area contributed by atoms with Crippen molar-refractivity contribution >= 4 is 6.03 Å². The number of nitrogens with one attached hydrogen (secondary N) is 2. The molecule has 110 valence electrons. The fourth-order valence-electron chi connectivity index (χ4n) is 2.37. The van der Waals surface area contributed by atoms with Crippen LogP contribution in [0.3, 0.4) is 0 Å². The van der Waals surface area contributed by atoms with Crippen LogP contribution in [-0.4, -0.2) is 29.8 Å². The summed E-state index contributed by atoms with van der Waals surface area (Å²) in [6.07, 6.45) is 2.98. The number of urea groups is 1. The highest BCUT2D eigenvalue weighted by atomic mass is 16.3. The van der Waals surface area contributed by atoms with E-state index >= 15 is 0 Å². The van der Waals surface area contributed by atoms with Crippen LogP contribution < -0.4 is 10.6 Å². The molecule has 0 saturated heterocycles. The lowest BCUT2D eigenvalue weighted by atomic mass is 9.97. The van der Waals surface area contributed by atoms with Crippen LogP contribution in [0, 0.1) is 12.8 Å². The molecule has 1 fully saturated rings. The highest BCUT2D eigenvalue weighted by molar-refractivity contribution is 5.74. The second-order valence-corrected chi connectivity index (χ2v) is 5.97. The molecule has 2 rings (SSSR count). The van der Waals surface area contributed by atoms with E-state index in [1.807, 2.05) is 6.92 Å². The first-order valence-electron chi connectivity index (χ1n) is 7.26. The van der Waals surface area contributed by atoms with Gasteiger partial charge in [0.1, 0.15) is 0 Å². The topological polar surface area (TPSA) is 61.4 Å². The van der Waals surface area contributed by atoms with E-state index in [-0.39, 0.29) is 12.6 Å². The minimum atomic E-state index is -0.478. The van der Waals surface area contributed by atoms with Crippen molar-refractivity contribution in [3.8, 4) is 0 Å². The number of aryl methyl sites for hydroxylation is 1. The first-order valence-corrected chi connectivity index (χ1v) is 7.26. The molecule has 0 heterocycles. The minimum absolute atomic E-state index is 0.0109. The normalized spacial score (nSPS) is 17.4. The van der Waals surface area contributed by atoms with E-state index in [1.54, 1.807) is 0 Å². The maximum absolute atomic E-state index is 11.9. The first kappa shape index (κ1) is 14.9. The Hall–Kier alpha value is -1.55. The number of carbonyl (C=O) groups is 1. The van der Waals surface area contributed by atoms with Crippen LogP contribution >= 0.6 is 0 Å². The lowest BCUT2D eigenvalue weighted by Gasteiger charge is -2.28. The smallest absolute Gasteiger partial charge is 0.315 e. The highest BCUT2D eigenvalue weighted by Gasteiger charge is 2.42. The number of aliphatic hydroxyl groups is 1.